The van der Waals surface area contributed by atoms with Crippen molar-refractivity contribution < 1.29 is 18.6 Å². The van der Waals surface area contributed by atoms with Crippen LogP contribution in [0.25, 0.3) is 0 Å². The third-order valence-corrected chi connectivity index (χ3v) is 3.15. The van der Waals surface area contributed by atoms with Crippen molar-refractivity contribution in [1.82, 2.24) is 9.55 Å². The number of methoxy groups -OCH3 is 1. The fourth-order valence-electron chi connectivity index (χ4n) is 2.09. The number of anilines is 1. The van der Waals surface area contributed by atoms with Crippen LogP contribution in [0.1, 0.15) is 27.0 Å². The summed E-state index contributed by atoms with van der Waals surface area (Å²) >= 11 is 0. The smallest absolute Gasteiger partial charge is 0.351 e. The molecule has 0 aromatic carbocycles. The highest BCUT2D eigenvalue weighted by Gasteiger charge is 2.45. The molecule has 0 bridgehead atoms. The lowest BCUT2D eigenvalue weighted by molar-refractivity contribution is -0.160. The van der Waals surface area contributed by atoms with Crippen LogP contribution in [-0.2, 0) is 14.2 Å². The topological polar surface area (TPSA) is 88.6 Å². The summed E-state index contributed by atoms with van der Waals surface area (Å²) < 4.78 is 31.1. The zero-order valence-electron chi connectivity index (χ0n) is 11.8. The van der Waals surface area contributed by atoms with Crippen molar-refractivity contribution in [2.45, 2.75) is 45.0 Å². The van der Waals surface area contributed by atoms with E-state index in [9.17, 15) is 9.18 Å². The lowest BCUT2D eigenvalue weighted by Gasteiger charge is -2.23. The Labute approximate surface area is 115 Å². The minimum absolute atomic E-state index is 0.353. The Balaban J connectivity index is 2.44. The largest absolute Gasteiger partial charge is 0.381 e. The summed E-state index contributed by atoms with van der Waals surface area (Å²) in [4.78, 5) is 15.3. The molecule has 7 nitrogen and oxygen atoms in total. The van der Waals surface area contributed by atoms with E-state index in [0.717, 1.165) is 10.8 Å². The molecule has 2 heterocycles. The van der Waals surface area contributed by atoms with Crippen LogP contribution in [0.2, 0.25) is 0 Å². The fraction of sp³-hybridized carbons (Fsp3) is 0.667. The molecular weight excluding hydrogens is 269 g/mol. The molecule has 0 spiro atoms. The van der Waals surface area contributed by atoms with Crippen LogP contribution in [0.5, 0.6) is 0 Å². The molecule has 1 unspecified atom stereocenters. The number of hydrogen-bond donors (Lipinski definition) is 1. The monoisotopic (exact) mass is 287 g/mol. The van der Waals surface area contributed by atoms with Gasteiger partial charge in [-0.25, -0.2) is 9.18 Å². The van der Waals surface area contributed by atoms with Gasteiger partial charge < -0.3 is 19.9 Å². The molecule has 2 N–H and O–H groups in total. The average molecular weight is 287 g/mol. The predicted octanol–water partition coefficient (Wildman–Crippen LogP) is 0.650. The summed E-state index contributed by atoms with van der Waals surface area (Å²) in [5.41, 5.74) is 4.56. The van der Waals surface area contributed by atoms with E-state index in [0.29, 0.717) is 0 Å². The number of rotatable bonds is 3. The third-order valence-electron chi connectivity index (χ3n) is 3.15. The van der Waals surface area contributed by atoms with Crippen LogP contribution in [0.3, 0.4) is 0 Å². The number of hydrogen-bond acceptors (Lipinski definition) is 6. The van der Waals surface area contributed by atoms with Gasteiger partial charge in [-0.2, -0.15) is 4.98 Å². The highest BCUT2D eigenvalue weighted by molar-refractivity contribution is 5.26. The molecule has 2 rings (SSSR count). The van der Waals surface area contributed by atoms with E-state index in [-0.39, 0.29) is 6.10 Å². The molecule has 1 fully saturated rings. The SMILES string of the molecule is COC(C)[C@H]1OC(C)(C)O[C@H]1n1cc(F)c(N)nc1=O. The second-order valence-electron chi connectivity index (χ2n) is 5.10. The molecule has 1 aromatic heterocycles. The van der Waals surface area contributed by atoms with E-state index in [1.54, 1.807) is 20.8 Å². The molecule has 0 amide bonds. The summed E-state index contributed by atoms with van der Waals surface area (Å²) in [6.07, 6.45) is -0.794. The van der Waals surface area contributed by atoms with Crippen LogP contribution in [0.15, 0.2) is 11.0 Å². The number of aromatic nitrogens is 2. The first-order valence-corrected chi connectivity index (χ1v) is 6.18. The number of nitrogens with zero attached hydrogens (tertiary/aromatic N) is 2. The van der Waals surface area contributed by atoms with Gasteiger partial charge in [0.25, 0.3) is 0 Å². The second-order valence-corrected chi connectivity index (χ2v) is 5.10. The molecule has 1 aliphatic rings. The van der Waals surface area contributed by atoms with Gasteiger partial charge in [0.2, 0.25) is 0 Å². The number of nitrogen functional groups attached to an aromatic ring is 1. The van der Waals surface area contributed by atoms with Crippen LogP contribution in [-0.4, -0.2) is 34.7 Å². The normalized spacial score (nSPS) is 26.6. The van der Waals surface area contributed by atoms with E-state index in [4.69, 9.17) is 19.9 Å². The molecule has 1 saturated heterocycles. The fourth-order valence-corrected chi connectivity index (χ4v) is 2.09. The average Bonchev–Trinajstić information content (AvgIpc) is 2.69. The quantitative estimate of drug-likeness (QED) is 0.878. The van der Waals surface area contributed by atoms with Gasteiger partial charge in [-0.3, -0.25) is 4.57 Å². The standard InChI is InChI=1S/C12H18FN3O4/c1-6(18-4)8-10(20-12(2,3)19-8)16-5-7(13)9(14)15-11(16)17/h5-6,8,10H,1-4H3,(H2,14,15,17)/t6?,8-,10-/m1/s1. The first-order chi connectivity index (χ1) is 9.25. The highest BCUT2D eigenvalue weighted by Crippen LogP contribution is 2.36. The lowest BCUT2D eigenvalue weighted by atomic mass is 10.2. The van der Waals surface area contributed by atoms with Gasteiger partial charge in [-0.15, -0.1) is 0 Å². The van der Waals surface area contributed by atoms with E-state index < -0.39 is 35.4 Å². The van der Waals surface area contributed by atoms with Gasteiger partial charge in [0.15, 0.2) is 23.7 Å². The van der Waals surface area contributed by atoms with Gasteiger partial charge >= 0.3 is 5.69 Å². The first-order valence-electron chi connectivity index (χ1n) is 6.18. The molecule has 0 radical (unpaired) electrons. The Morgan fingerprint density at radius 3 is 2.80 bits per heavy atom. The van der Waals surface area contributed by atoms with E-state index in [1.165, 1.54) is 7.11 Å². The van der Waals surface area contributed by atoms with Gasteiger partial charge in [-0.05, 0) is 20.8 Å². The van der Waals surface area contributed by atoms with Gasteiger partial charge in [0, 0.05) is 7.11 Å². The van der Waals surface area contributed by atoms with Crippen molar-refractivity contribution >= 4 is 5.82 Å². The second kappa shape index (κ2) is 5.12. The van der Waals surface area contributed by atoms with Crippen molar-refractivity contribution in [3.63, 3.8) is 0 Å². The summed E-state index contributed by atoms with van der Waals surface area (Å²) in [6, 6.07) is 0. The Hall–Kier alpha value is -1.51. The van der Waals surface area contributed by atoms with E-state index in [2.05, 4.69) is 4.98 Å². The van der Waals surface area contributed by atoms with Gasteiger partial charge in [0.05, 0.1) is 12.3 Å². The summed E-state index contributed by atoms with van der Waals surface area (Å²) in [5.74, 6) is -2.15. The van der Waals surface area contributed by atoms with Crippen LogP contribution >= 0.6 is 0 Å². The van der Waals surface area contributed by atoms with Crippen LogP contribution in [0.4, 0.5) is 10.2 Å². The Kier molecular flexibility index (Phi) is 3.81. The molecule has 112 valence electrons. The van der Waals surface area contributed by atoms with Crippen LogP contribution in [0, 0.1) is 5.82 Å². The minimum Gasteiger partial charge on any atom is -0.381 e. The predicted molar refractivity (Wildman–Crippen MR) is 68.4 cm³/mol. The third kappa shape index (κ3) is 2.67. The Morgan fingerprint density at radius 1 is 1.55 bits per heavy atom. The molecule has 1 aromatic rings. The summed E-state index contributed by atoms with van der Waals surface area (Å²) in [6.45, 7) is 5.18. The van der Waals surface area contributed by atoms with Crippen molar-refractivity contribution in [2.24, 2.45) is 0 Å². The number of nitrogens with two attached hydrogens (primary N) is 1. The minimum atomic E-state index is -0.917. The summed E-state index contributed by atoms with van der Waals surface area (Å²) in [5, 5.41) is 0. The zero-order chi connectivity index (χ0) is 15.1. The number of halogens is 1. The maximum atomic E-state index is 13.5. The maximum absolute atomic E-state index is 13.5. The molecular formula is C12H18FN3O4. The molecule has 8 heteroatoms. The zero-order valence-corrected chi connectivity index (χ0v) is 11.8. The van der Waals surface area contributed by atoms with E-state index in [1.807, 2.05) is 0 Å². The summed E-state index contributed by atoms with van der Waals surface area (Å²) in [7, 11) is 1.51. The van der Waals surface area contributed by atoms with Crippen LogP contribution < -0.4 is 11.4 Å². The number of ether oxygens (including phenoxy) is 3. The van der Waals surface area contributed by atoms with Crippen molar-refractivity contribution in [2.75, 3.05) is 12.8 Å². The Morgan fingerprint density at radius 2 is 2.20 bits per heavy atom. The van der Waals surface area contributed by atoms with Gasteiger partial charge in [-0.1, -0.05) is 0 Å². The molecule has 20 heavy (non-hydrogen) atoms. The molecule has 1 aliphatic heterocycles. The highest BCUT2D eigenvalue weighted by atomic mass is 19.1. The maximum Gasteiger partial charge on any atom is 0.351 e. The molecule has 0 saturated carbocycles. The first kappa shape index (κ1) is 14.9. The van der Waals surface area contributed by atoms with Crippen molar-refractivity contribution in [3.8, 4) is 0 Å². The Bertz CT molecular complexity index is 560. The van der Waals surface area contributed by atoms with Gasteiger partial charge in [0.1, 0.15) is 6.10 Å². The lowest BCUT2D eigenvalue weighted by Crippen LogP contribution is -2.38. The molecule has 0 aliphatic carbocycles. The van der Waals surface area contributed by atoms with E-state index >= 15 is 0 Å². The van der Waals surface area contributed by atoms with Crippen molar-refractivity contribution in [1.29, 1.82) is 0 Å². The molecule has 3 atom stereocenters. The van der Waals surface area contributed by atoms with Crippen molar-refractivity contribution in [3.05, 3.63) is 22.5 Å².